The number of halogens is 1. The van der Waals surface area contributed by atoms with Crippen LogP contribution in [0.5, 0.6) is 0 Å². The molecule has 1 rings (SSSR count). The van der Waals surface area contributed by atoms with E-state index in [1.807, 2.05) is 0 Å². The van der Waals surface area contributed by atoms with E-state index in [-0.39, 0.29) is 11.9 Å². The van der Waals surface area contributed by atoms with Crippen molar-refractivity contribution in [3.8, 4) is 0 Å². The van der Waals surface area contributed by atoms with Crippen molar-refractivity contribution in [1.82, 2.24) is 0 Å². The van der Waals surface area contributed by atoms with Gasteiger partial charge >= 0.3 is 6.15 Å². The number of hydrogen-bond donors (Lipinski definition) is 0. The van der Waals surface area contributed by atoms with Gasteiger partial charge in [-0.2, -0.15) is 9.59 Å². The minimum absolute atomic E-state index is 0.00519. The van der Waals surface area contributed by atoms with Crippen LogP contribution in [0.1, 0.15) is 17.3 Å². The van der Waals surface area contributed by atoms with Crippen molar-refractivity contribution < 1.29 is 14.4 Å². The van der Waals surface area contributed by atoms with E-state index in [1.165, 1.54) is 6.92 Å². The number of carbonyl (C=O) groups is 1. The molecule has 0 heterocycles. The van der Waals surface area contributed by atoms with E-state index in [0.29, 0.717) is 10.6 Å². The molecule has 0 saturated carbocycles. The van der Waals surface area contributed by atoms with Crippen LogP contribution in [-0.4, -0.2) is 11.9 Å². The molecule has 0 unspecified atom stereocenters. The fourth-order valence-corrected chi connectivity index (χ4v) is 1.02. The summed E-state index contributed by atoms with van der Waals surface area (Å²) in [6.45, 7) is 1.50. The van der Waals surface area contributed by atoms with E-state index in [4.69, 9.17) is 21.2 Å². The Bertz CT molecular complexity index is 327. The molecule has 0 spiro atoms. The van der Waals surface area contributed by atoms with Crippen molar-refractivity contribution in [2.75, 3.05) is 0 Å². The van der Waals surface area contributed by atoms with E-state index in [0.717, 1.165) is 0 Å². The molecule has 0 aromatic heterocycles. The Kier molecular flexibility index (Phi) is 5.44. The van der Waals surface area contributed by atoms with E-state index < -0.39 is 0 Å². The smallest absolute Gasteiger partial charge is 0.294 e. The minimum Gasteiger partial charge on any atom is -0.294 e. The fourth-order valence-electron chi connectivity index (χ4n) is 0.747. The van der Waals surface area contributed by atoms with Crippen molar-refractivity contribution in [3.63, 3.8) is 0 Å². The highest BCUT2D eigenvalue weighted by Gasteiger charge is 2.01. The molecule has 13 heavy (non-hydrogen) atoms. The molecular formula is C9H7ClO3. The standard InChI is InChI=1S/C8H7ClO.CO2/c1-6(10)7-4-2-3-5-8(7)9;2-1-3/h2-5H,1H3;. The Labute approximate surface area is 80.3 Å². The molecule has 0 radical (unpaired) electrons. The van der Waals surface area contributed by atoms with Crippen LogP contribution in [0.4, 0.5) is 0 Å². The van der Waals surface area contributed by atoms with Gasteiger partial charge in [-0.25, -0.2) is 0 Å². The summed E-state index contributed by atoms with van der Waals surface area (Å²) in [6.07, 6.45) is 0.250. The third-order valence-corrected chi connectivity index (χ3v) is 1.58. The average Bonchev–Trinajstić information content (AvgIpc) is 2.06. The lowest BCUT2D eigenvalue weighted by molar-refractivity contribution is -0.191. The fraction of sp³-hybridized carbons (Fsp3) is 0.111. The zero-order valence-electron chi connectivity index (χ0n) is 6.91. The third-order valence-electron chi connectivity index (χ3n) is 1.25. The molecule has 0 amide bonds. The third kappa shape index (κ3) is 4.21. The summed E-state index contributed by atoms with van der Waals surface area (Å²) in [6, 6.07) is 7.01. The first-order valence-electron chi connectivity index (χ1n) is 3.38. The number of benzene rings is 1. The highest BCUT2D eigenvalue weighted by Crippen LogP contribution is 2.14. The second-order valence-electron chi connectivity index (χ2n) is 2.12. The average molecular weight is 199 g/mol. The maximum absolute atomic E-state index is 10.8. The van der Waals surface area contributed by atoms with Gasteiger partial charge in [-0.3, -0.25) is 4.79 Å². The Balaban J connectivity index is 0.000000424. The molecule has 0 N–H and O–H groups in total. The highest BCUT2D eigenvalue weighted by atomic mass is 35.5. The zero-order valence-corrected chi connectivity index (χ0v) is 7.67. The van der Waals surface area contributed by atoms with Crippen molar-refractivity contribution >= 4 is 23.5 Å². The summed E-state index contributed by atoms with van der Waals surface area (Å²) < 4.78 is 0. The predicted octanol–water partition coefficient (Wildman–Crippen LogP) is 1.96. The number of Topliss-reactive ketones (excluding diaryl/α,β-unsaturated/α-hetero) is 1. The molecule has 1 aromatic rings. The first-order chi connectivity index (χ1) is 6.13. The second-order valence-corrected chi connectivity index (χ2v) is 2.53. The lowest BCUT2D eigenvalue weighted by Crippen LogP contribution is -1.91. The van der Waals surface area contributed by atoms with Gasteiger partial charge in [0.2, 0.25) is 0 Å². The van der Waals surface area contributed by atoms with Crippen molar-refractivity contribution in [3.05, 3.63) is 34.9 Å². The summed E-state index contributed by atoms with van der Waals surface area (Å²) in [5.41, 5.74) is 0.587. The van der Waals surface area contributed by atoms with Gasteiger partial charge in [-0.1, -0.05) is 23.7 Å². The Morgan fingerprint density at radius 3 is 2.08 bits per heavy atom. The van der Waals surface area contributed by atoms with Gasteiger partial charge in [0.05, 0.1) is 5.02 Å². The topological polar surface area (TPSA) is 51.2 Å². The monoisotopic (exact) mass is 198 g/mol. The highest BCUT2D eigenvalue weighted by molar-refractivity contribution is 6.33. The number of rotatable bonds is 1. The van der Waals surface area contributed by atoms with Gasteiger partial charge < -0.3 is 0 Å². The molecule has 0 aliphatic rings. The molecule has 4 heteroatoms. The first kappa shape index (κ1) is 11.6. The number of hydrogen-bond acceptors (Lipinski definition) is 3. The summed E-state index contributed by atoms with van der Waals surface area (Å²) >= 11 is 5.70. The molecule has 0 atom stereocenters. The van der Waals surface area contributed by atoms with Crippen molar-refractivity contribution in [2.24, 2.45) is 0 Å². The molecule has 0 aliphatic heterocycles. The molecule has 0 fully saturated rings. The molecule has 68 valence electrons. The van der Waals surface area contributed by atoms with Gasteiger partial charge in [-0.05, 0) is 19.1 Å². The van der Waals surface area contributed by atoms with E-state index in [1.54, 1.807) is 24.3 Å². The summed E-state index contributed by atoms with van der Waals surface area (Å²) in [7, 11) is 0. The molecule has 0 bridgehead atoms. The number of ketones is 1. The van der Waals surface area contributed by atoms with Gasteiger partial charge in [0.1, 0.15) is 0 Å². The second kappa shape index (κ2) is 6.12. The zero-order chi connectivity index (χ0) is 10.3. The molecule has 1 aromatic carbocycles. The maximum atomic E-state index is 10.8. The maximum Gasteiger partial charge on any atom is 0.373 e. The van der Waals surface area contributed by atoms with Gasteiger partial charge in [0.15, 0.2) is 5.78 Å². The SMILES string of the molecule is CC(=O)c1ccccc1Cl.O=C=O. The van der Waals surface area contributed by atoms with Crippen molar-refractivity contribution in [1.29, 1.82) is 0 Å². The number of carbonyl (C=O) groups excluding carboxylic acids is 3. The first-order valence-corrected chi connectivity index (χ1v) is 3.76. The lowest BCUT2D eigenvalue weighted by Gasteiger charge is -1.95. The van der Waals surface area contributed by atoms with Crippen LogP contribution in [-0.2, 0) is 9.59 Å². The van der Waals surface area contributed by atoms with E-state index in [2.05, 4.69) is 0 Å². The summed E-state index contributed by atoms with van der Waals surface area (Å²) in [4.78, 5) is 27.0. The Morgan fingerprint density at radius 1 is 1.31 bits per heavy atom. The molecule has 0 aliphatic carbocycles. The quantitative estimate of drug-likeness (QED) is 0.649. The van der Waals surface area contributed by atoms with Crippen LogP contribution in [0.2, 0.25) is 5.02 Å². The Morgan fingerprint density at radius 2 is 1.77 bits per heavy atom. The predicted molar refractivity (Wildman–Crippen MR) is 46.5 cm³/mol. The van der Waals surface area contributed by atoms with E-state index in [9.17, 15) is 4.79 Å². The molecule has 3 nitrogen and oxygen atoms in total. The van der Waals surface area contributed by atoms with Gasteiger partial charge in [-0.15, -0.1) is 0 Å². The van der Waals surface area contributed by atoms with Gasteiger partial charge in [0, 0.05) is 5.56 Å². The lowest BCUT2D eigenvalue weighted by atomic mass is 10.1. The van der Waals surface area contributed by atoms with Crippen LogP contribution in [0.3, 0.4) is 0 Å². The summed E-state index contributed by atoms with van der Waals surface area (Å²) in [5.74, 6) is 0.00519. The summed E-state index contributed by atoms with van der Waals surface area (Å²) in [5, 5.41) is 0.523. The largest absolute Gasteiger partial charge is 0.373 e. The van der Waals surface area contributed by atoms with E-state index >= 15 is 0 Å². The van der Waals surface area contributed by atoms with Crippen LogP contribution >= 0.6 is 11.6 Å². The molecular weight excluding hydrogens is 192 g/mol. The van der Waals surface area contributed by atoms with Crippen LogP contribution in [0.25, 0.3) is 0 Å². The van der Waals surface area contributed by atoms with Crippen LogP contribution < -0.4 is 0 Å². The van der Waals surface area contributed by atoms with Crippen LogP contribution in [0.15, 0.2) is 24.3 Å². The van der Waals surface area contributed by atoms with Crippen LogP contribution in [0, 0.1) is 0 Å². The Hall–Kier alpha value is -1.44. The van der Waals surface area contributed by atoms with Gasteiger partial charge in [0.25, 0.3) is 0 Å². The minimum atomic E-state index is 0.00519. The molecule has 0 saturated heterocycles. The van der Waals surface area contributed by atoms with Crippen molar-refractivity contribution in [2.45, 2.75) is 6.92 Å². The normalized spacial score (nSPS) is 7.85.